The third-order valence-corrected chi connectivity index (χ3v) is 9.88. The highest BCUT2D eigenvalue weighted by atomic mass is 15.0. The summed E-state index contributed by atoms with van der Waals surface area (Å²) >= 11 is 0. The van der Waals surface area contributed by atoms with Crippen LogP contribution in [0.3, 0.4) is 0 Å². The van der Waals surface area contributed by atoms with Crippen LogP contribution in [0.2, 0.25) is 0 Å². The maximum atomic E-state index is 2.60. The van der Waals surface area contributed by atoms with Crippen LogP contribution in [0, 0.1) is 0 Å². The second kappa shape index (κ2) is 6.55. The van der Waals surface area contributed by atoms with Crippen LogP contribution >= 0.6 is 0 Å². The molecule has 0 bridgehead atoms. The molecule has 2 aliphatic rings. The minimum absolute atomic E-state index is 0.984. The van der Waals surface area contributed by atoms with Gasteiger partial charge in [-0.2, -0.15) is 0 Å². The van der Waals surface area contributed by atoms with Gasteiger partial charge in [0.15, 0.2) is 0 Å². The highest BCUT2D eigenvalue weighted by Gasteiger charge is 2.29. The largest absolute Gasteiger partial charge is 0.305 e. The zero-order valence-corrected chi connectivity index (χ0v) is 21.7. The summed E-state index contributed by atoms with van der Waals surface area (Å²) in [6, 6.07) is 41.2. The van der Waals surface area contributed by atoms with E-state index in [1.807, 2.05) is 0 Å². The zero-order chi connectivity index (χ0) is 25.7. The normalized spacial score (nSPS) is 13.8. The Hall–Kier alpha value is -5.08. The summed E-state index contributed by atoms with van der Waals surface area (Å²) in [6.45, 7) is 0. The van der Waals surface area contributed by atoms with Crippen LogP contribution < -0.4 is 0 Å². The first-order chi connectivity index (χ1) is 19.9. The first kappa shape index (κ1) is 19.9. The Morgan fingerprint density at radius 1 is 0.375 bits per heavy atom. The molecule has 0 atom stereocenters. The van der Waals surface area contributed by atoms with Crippen molar-refractivity contribution in [3.63, 3.8) is 0 Å². The van der Waals surface area contributed by atoms with E-state index in [1.165, 1.54) is 99.2 Å². The highest BCUT2D eigenvalue weighted by molar-refractivity contribution is 6.24. The summed E-state index contributed by atoms with van der Waals surface area (Å²) in [5, 5.41) is 5.37. The fourth-order valence-electron chi connectivity index (χ4n) is 8.36. The van der Waals surface area contributed by atoms with Crippen LogP contribution in [-0.2, 0) is 12.8 Å². The van der Waals surface area contributed by atoms with Crippen molar-refractivity contribution in [1.82, 2.24) is 8.80 Å². The lowest BCUT2D eigenvalue weighted by Crippen LogP contribution is -1.98. The highest BCUT2D eigenvalue weighted by Crippen LogP contribution is 2.49. The summed E-state index contributed by atoms with van der Waals surface area (Å²) in [4.78, 5) is 0. The van der Waals surface area contributed by atoms with Gasteiger partial charge in [-0.25, -0.2) is 0 Å². The molecule has 3 aromatic heterocycles. The maximum absolute atomic E-state index is 2.60. The minimum Gasteiger partial charge on any atom is -0.305 e. The molecule has 0 amide bonds. The first-order valence-corrected chi connectivity index (χ1v) is 14.2. The van der Waals surface area contributed by atoms with E-state index in [1.54, 1.807) is 0 Å². The lowest BCUT2D eigenvalue weighted by Gasteiger charge is -2.13. The van der Waals surface area contributed by atoms with Gasteiger partial charge in [0.25, 0.3) is 0 Å². The third kappa shape index (κ3) is 2.08. The Bertz CT molecular complexity index is 2590. The molecule has 0 saturated carbocycles. The average Bonchev–Trinajstić information content (AvgIpc) is 3.74. The number of benzene rings is 6. The van der Waals surface area contributed by atoms with E-state index in [4.69, 9.17) is 0 Å². The van der Waals surface area contributed by atoms with Gasteiger partial charge in [-0.1, -0.05) is 97.1 Å². The molecule has 11 rings (SSSR count). The van der Waals surface area contributed by atoms with Crippen molar-refractivity contribution < 1.29 is 0 Å². The fourth-order valence-corrected chi connectivity index (χ4v) is 8.36. The Morgan fingerprint density at radius 3 is 1.75 bits per heavy atom. The van der Waals surface area contributed by atoms with E-state index in [0.29, 0.717) is 0 Å². The van der Waals surface area contributed by atoms with Gasteiger partial charge >= 0.3 is 0 Å². The Labute approximate surface area is 229 Å². The predicted octanol–water partition coefficient (Wildman–Crippen LogP) is 9.38. The summed E-state index contributed by atoms with van der Waals surface area (Å²) < 4.78 is 5.19. The van der Waals surface area contributed by atoms with Crippen molar-refractivity contribution in [2.45, 2.75) is 12.8 Å². The standard InChI is InChI=1S/C38H22N2/c1-3-9-24-22(8-1)20-31-26(24)17-18-29-27-11-5-14-33-36(27)39(35(29)31)32-13-6-12-28-30-16-15-23-19-21-7-2-4-10-25(21)34(23)38(30)40(33)37(28)32/h1-18H,19-20H2. The number of aromatic nitrogens is 2. The van der Waals surface area contributed by atoms with E-state index in [0.717, 1.165) is 12.8 Å². The van der Waals surface area contributed by atoms with Crippen LogP contribution in [0.25, 0.3) is 76.9 Å². The summed E-state index contributed by atoms with van der Waals surface area (Å²) in [5.41, 5.74) is 19.3. The predicted molar refractivity (Wildman–Crippen MR) is 166 cm³/mol. The second-order valence-corrected chi connectivity index (χ2v) is 11.7. The van der Waals surface area contributed by atoms with E-state index in [9.17, 15) is 0 Å². The van der Waals surface area contributed by atoms with Gasteiger partial charge in [0.1, 0.15) is 0 Å². The van der Waals surface area contributed by atoms with Crippen LogP contribution in [-0.4, -0.2) is 8.80 Å². The van der Waals surface area contributed by atoms with Crippen LogP contribution in [0.15, 0.2) is 109 Å². The minimum atomic E-state index is 0.984. The number of nitrogens with zero attached hydrogens (tertiary/aromatic N) is 2. The van der Waals surface area contributed by atoms with Crippen molar-refractivity contribution in [2.24, 2.45) is 0 Å². The molecule has 0 fully saturated rings. The molecule has 40 heavy (non-hydrogen) atoms. The Balaban J connectivity index is 1.42. The lowest BCUT2D eigenvalue weighted by molar-refractivity contribution is 1.22. The van der Waals surface area contributed by atoms with Crippen molar-refractivity contribution in [2.75, 3.05) is 0 Å². The molecule has 0 saturated heterocycles. The van der Waals surface area contributed by atoms with Gasteiger partial charge in [-0.3, -0.25) is 0 Å². The molecular weight excluding hydrogens is 484 g/mol. The van der Waals surface area contributed by atoms with Gasteiger partial charge in [-0.15, -0.1) is 0 Å². The Morgan fingerprint density at radius 2 is 0.975 bits per heavy atom. The molecule has 2 nitrogen and oxygen atoms in total. The molecule has 0 N–H and O–H groups in total. The second-order valence-electron chi connectivity index (χ2n) is 11.7. The molecule has 0 aliphatic heterocycles. The van der Waals surface area contributed by atoms with Crippen molar-refractivity contribution in [3.8, 4) is 22.3 Å². The molecule has 3 heterocycles. The van der Waals surface area contributed by atoms with Crippen molar-refractivity contribution in [1.29, 1.82) is 0 Å². The summed E-state index contributed by atoms with van der Waals surface area (Å²) in [5.74, 6) is 0. The SMILES string of the molecule is c1ccc2c(c1)Cc1c-2ccc2c3cccc4c3n(c3cccc5c6ccc7c(c6n4c53)-c3ccccc3C7)c12. The first-order valence-electron chi connectivity index (χ1n) is 14.2. The lowest BCUT2D eigenvalue weighted by atomic mass is 10.0. The van der Waals surface area contributed by atoms with Gasteiger partial charge in [-0.05, 0) is 57.5 Å². The molecular formula is C38H22N2. The number of hydrogen-bond donors (Lipinski definition) is 0. The monoisotopic (exact) mass is 506 g/mol. The molecule has 9 aromatic rings. The molecule has 2 heteroatoms. The zero-order valence-electron chi connectivity index (χ0n) is 21.7. The number of para-hydroxylation sites is 2. The van der Waals surface area contributed by atoms with Crippen LogP contribution in [0.5, 0.6) is 0 Å². The smallest absolute Gasteiger partial charge is 0.0783 e. The van der Waals surface area contributed by atoms with Gasteiger partial charge in [0.2, 0.25) is 0 Å². The Kier molecular flexibility index (Phi) is 3.26. The fraction of sp³-hybridized carbons (Fsp3) is 0.0526. The van der Waals surface area contributed by atoms with Crippen molar-refractivity contribution >= 4 is 54.6 Å². The van der Waals surface area contributed by atoms with Gasteiger partial charge in [0.05, 0.1) is 33.1 Å². The molecule has 0 unspecified atom stereocenters. The quantitative estimate of drug-likeness (QED) is 0.181. The van der Waals surface area contributed by atoms with E-state index in [2.05, 4.69) is 118 Å². The van der Waals surface area contributed by atoms with E-state index < -0.39 is 0 Å². The van der Waals surface area contributed by atoms with E-state index >= 15 is 0 Å². The third-order valence-electron chi connectivity index (χ3n) is 9.88. The molecule has 0 radical (unpaired) electrons. The molecule has 184 valence electrons. The van der Waals surface area contributed by atoms with Gasteiger partial charge in [0, 0.05) is 33.5 Å². The van der Waals surface area contributed by atoms with Crippen LogP contribution in [0.1, 0.15) is 22.3 Å². The van der Waals surface area contributed by atoms with Gasteiger partial charge < -0.3 is 8.80 Å². The number of rotatable bonds is 0. The average molecular weight is 507 g/mol. The van der Waals surface area contributed by atoms with E-state index in [-0.39, 0.29) is 0 Å². The molecule has 0 spiro atoms. The number of fused-ring (bicyclic) bond motifs is 16. The van der Waals surface area contributed by atoms with Crippen molar-refractivity contribution in [3.05, 3.63) is 131 Å². The van der Waals surface area contributed by atoms with Crippen LogP contribution in [0.4, 0.5) is 0 Å². The molecule has 6 aromatic carbocycles. The maximum Gasteiger partial charge on any atom is 0.0783 e. The molecule has 2 aliphatic carbocycles. The summed E-state index contributed by atoms with van der Waals surface area (Å²) in [7, 11) is 0. The summed E-state index contributed by atoms with van der Waals surface area (Å²) in [6.07, 6.45) is 1.99. The topological polar surface area (TPSA) is 8.82 Å². The number of hydrogen-bond acceptors (Lipinski definition) is 0.